The second-order valence-electron chi connectivity index (χ2n) is 3.09. The highest BCUT2D eigenvalue weighted by atomic mass is 35.5. The smallest absolute Gasteiger partial charge is 0.328 e. The molecule has 0 radical (unpaired) electrons. The van der Waals surface area contributed by atoms with Gasteiger partial charge in [0.2, 0.25) is 0 Å². The van der Waals surface area contributed by atoms with Crippen LogP contribution in [-0.2, 0) is 4.79 Å². The predicted molar refractivity (Wildman–Crippen MR) is 56.0 cm³/mol. The Bertz CT molecular complexity index is 407. The SMILES string of the molecule is O=C(O)C1CC(Cl)=NN1c1cccnc1. The normalized spacial score (nSPS) is 20.2. The number of anilines is 1. The first kappa shape index (κ1) is 9.92. The van der Waals surface area contributed by atoms with Gasteiger partial charge >= 0.3 is 5.97 Å². The van der Waals surface area contributed by atoms with E-state index in [2.05, 4.69) is 10.1 Å². The predicted octanol–water partition coefficient (Wildman–Crippen LogP) is 1.30. The molecule has 1 aromatic rings. The molecule has 78 valence electrons. The van der Waals surface area contributed by atoms with Gasteiger partial charge in [-0.1, -0.05) is 11.6 Å². The molecule has 2 heterocycles. The Morgan fingerprint density at radius 1 is 1.67 bits per heavy atom. The van der Waals surface area contributed by atoms with Crippen molar-refractivity contribution in [2.45, 2.75) is 12.5 Å². The maximum Gasteiger partial charge on any atom is 0.328 e. The van der Waals surface area contributed by atoms with Gasteiger partial charge in [0.05, 0.1) is 11.9 Å². The lowest BCUT2D eigenvalue weighted by atomic mass is 10.2. The van der Waals surface area contributed by atoms with Crippen molar-refractivity contribution < 1.29 is 9.90 Å². The van der Waals surface area contributed by atoms with Crippen LogP contribution in [0.2, 0.25) is 0 Å². The Kier molecular flexibility index (Phi) is 2.55. The maximum absolute atomic E-state index is 10.9. The molecule has 0 saturated heterocycles. The van der Waals surface area contributed by atoms with E-state index in [0.717, 1.165) is 0 Å². The fraction of sp³-hybridized carbons (Fsp3) is 0.222. The molecule has 1 aliphatic rings. The van der Waals surface area contributed by atoms with Gasteiger partial charge in [0, 0.05) is 12.6 Å². The van der Waals surface area contributed by atoms with Crippen LogP contribution in [0.4, 0.5) is 5.69 Å². The van der Waals surface area contributed by atoms with Crippen molar-refractivity contribution in [1.82, 2.24) is 4.98 Å². The molecular formula is C9H8ClN3O2. The number of nitrogens with zero attached hydrogens (tertiary/aromatic N) is 3. The summed E-state index contributed by atoms with van der Waals surface area (Å²) >= 11 is 5.72. The number of carboxylic acids is 1. The van der Waals surface area contributed by atoms with Gasteiger partial charge in [-0.15, -0.1) is 0 Å². The lowest BCUT2D eigenvalue weighted by Gasteiger charge is -2.18. The third-order valence-electron chi connectivity index (χ3n) is 2.07. The number of aromatic nitrogens is 1. The second kappa shape index (κ2) is 3.86. The average molecular weight is 226 g/mol. The summed E-state index contributed by atoms with van der Waals surface area (Å²) in [6.45, 7) is 0. The lowest BCUT2D eigenvalue weighted by Crippen LogP contribution is -2.34. The summed E-state index contributed by atoms with van der Waals surface area (Å²) in [5.41, 5.74) is 0.626. The Morgan fingerprint density at radius 3 is 3.07 bits per heavy atom. The van der Waals surface area contributed by atoms with Crippen LogP contribution in [0.15, 0.2) is 29.6 Å². The topological polar surface area (TPSA) is 65.8 Å². The molecule has 1 atom stereocenters. The Balaban J connectivity index is 2.31. The number of hydrazone groups is 1. The van der Waals surface area contributed by atoms with Crippen LogP contribution in [0.1, 0.15) is 6.42 Å². The van der Waals surface area contributed by atoms with Crippen LogP contribution in [0.5, 0.6) is 0 Å². The molecule has 0 spiro atoms. The van der Waals surface area contributed by atoms with Crippen LogP contribution < -0.4 is 5.01 Å². The van der Waals surface area contributed by atoms with E-state index >= 15 is 0 Å². The summed E-state index contributed by atoms with van der Waals surface area (Å²) in [6, 6.07) is 2.72. The number of hydrogen-bond donors (Lipinski definition) is 1. The van der Waals surface area contributed by atoms with Crippen LogP contribution in [0.25, 0.3) is 0 Å². The van der Waals surface area contributed by atoms with E-state index in [1.807, 2.05) is 0 Å². The highest BCUT2D eigenvalue weighted by Gasteiger charge is 2.32. The largest absolute Gasteiger partial charge is 0.480 e. The standard InChI is InChI=1S/C9H8ClN3O2/c10-8-4-7(9(14)15)13(12-8)6-2-1-3-11-5-6/h1-3,5,7H,4H2,(H,14,15). The molecule has 1 N–H and O–H groups in total. The monoisotopic (exact) mass is 225 g/mol. The number of aliphatic carboxylic acids is 1. The summed E-state index contributed by atoms with van der Waals surface area (Å²) in [7, 11) is 0. The van der Waals surface area contributed by atoms with Crippen molar-refractivity contribution >= 4 is 28.4 Å². The van der Waals surface area contributed by atoms with Crippen molar-refractivity contribution in [2.75, 3.05) is 5.01 Å². The average Bonchev–Trinajstić information content (AvgIpc) is 2.62. The molecule has 1 aromatic heterocycles. The summed E-state index contributed by atoms with van der Waals surface area (Å²) in [5.74, 6) is -0.946. The van der Waals surface area contributed by atoms with Crippen LogP contribution in [-0.4, -0.2) is 27.3 Å². The number of carbonyl (C=O) groups is 1. The molecule has 6 heteroatoms. The van der Waals surface area contributed by atoms with Crippen LogP contribution in [0.3, 0.4) is 0 Å². The Hall–Kier alpha value is -1.62. The first-order valence-corrected chi connectivity index (χ1v) is 4.71. The van der Waals surface area contributed by atoms with Crippen molar-refractivity contribution in [2.24, 2.45) is 5.10 Å². The first-order valence-electron chi connectivity index (χ1n) is 4.33. The molecule has 0 aliphatic carbocycles. The second-order valence-corrected chi connectivity index (χ2v) is 3.53. The number of hydrogen-bond acceptors (Lipinski definition) is 4. The summed E-state index contributed by atoms with van der Waals surface area (Å²) in [4.78, 5) is 14.8. The molecule has 0 saturated carbocycles. The lowest BCUT2D eigenvalue weighted by molar-refractivity contribution is -0.138. The molecule has 0 bridgehead atoms. The van der Waals surface area contributed by atoms with Gasteiger partial charge in [0.1, 0.15) is 5.17 Å². The third-order valence-corrected chi connectivity index (χ3v) is 2.30. The molecule has 0 amide bonds. The maximum atomic E-state index is 10.9. The van der Waals surface area contributed by atoms with E-state index in [9.17, 15) is 4.79 Å². The zero-order valence-corrected chi connectivity index (χ0v) is 8.42. The summed E-state index contributed by atoms with van der Waals surface area (Å²) in [5, 5.41) is 14.6. The molecule has 0 aromatic carbocycles. The Labute approximate surface area is 91.0 Å². The highest BCUT2D eigenvalue weighted by Crippen LogP contribution is 2.24. The minimum atomic E-state index is -0.946. The fourth-order valence-electron chi connectivity index (χ4n) is 1.39. The van der Waals surface area contributed by atoms with Crippen molar-refractivity contribution in [1.29, 1.82) is 0 Å². The van der Waals surface area contributed by atoms with Crippen LogP contribution >= 0.6 is 11.6 Å². The van der Waals surface area contributed by atoms with Gasteiger partial charge in [-0.2, -0.15) is 5.10 Å². The molecular weight excluding hydrogens is 218 g/mol. The molecule has 1 unspecified atom stereocenters. The molecule has 2 rings (SSSR count). The zero-order valence-electron chi connectivity index (χ0n) is 7.67. The van der Waals surface area contributed by atoms with Gasteiger partial charge < -0.3 is 5.11 Å². The van der Waals surface area contributed by atoms with Gasteiger partial charge in [-0.25, -0.2) is 9.80 Å². The molecule has 15 heavy (non-hydrogen) atoms. The third kappa shape index (κ3) is 1.92. The van der Waals surface area contributed by atoms with Gasteiger partial charge in [-0.3, -0.25) is 4.98 Å². The van der Waals surface area contributed by atoms with Crippen LogP contribution in [0, 0.1) is 0 Å². The number of halogens is 1. The summed E-state index contributed by atoms with van der Waals surface area (Å²) < 4.78 is 0. The highest BCUT2D eigenvalue weighted by molar-refractivity contribution is 6.66. The number of carboxylic acid groups (broad SMARTS) is 1. The minimum Gasteiger partial charge on any atom is -0.480 e. The van der Waals surface area contributed by atoms with E-state index in [1.165, 1.54) is 5.01 Å². The number of pyridine rings is 1. The Morgan fingerprint density at radius 2 is 2.47 bits per heavy atom. The van der Waals surface area contributed by atoms with E-state index < -0.39 is 12.0 Å². The molecule has 5 nitrogen and oxygen atoms in total. The van der Waals surface area contributed by atoms with Gasteiger partial charge in [0.25, 0.3) is 0 Å². The van der Waals surface area contributed by atoms with E-state index in [-0.39, 0.29) is 6.42 Å². The van der Waals surface area contributed by atoms with E-state index in [4.69, 9.17) is 16.7 Å². The van der Waals surface area contributed by atoms with Crippen molar-refractivity contribution in [3.63, 3.8) is 0 Å². The fourth-order valence-corrected chi connectivity index (χ4v) is 1.62. The first-order chi connectivity index (χ1) is 7.18. The summed E-state index contributed by atoms with van der Waals surface area (Å²) in [6.07, 6.45) is 3.39. The van der Waals surface area contributed by atoms with Crippen molar-refractivity contribution in [3.05, 3.63) is 24.5 Å². The van der Waals surface area contributed by atoms with E-state index in [0.29, 0.717) is 10.9 Å². The minimum absolute atomic E-state index is 0.228. The van der Waals surface area contributed by atoms with Gasteiger partial charge in [0.15, 0.2) is 6.04 Å². The molecule has 1 aliphatic heterocycles. The zero-order chi connectivity index (χ0) is 10.8. The quantitative estimate of drug-likeness (QED) is 0.824. The number of rotatable bonds is 2. The van der Waals surface area contributed by atoms with E-state index in [1.54, 1.807) is 24.5 Å². The van der Waals surface area contributed by atoms with Gasteiger partial charge in [-0.05, 0) is 12.1 Å². The molecule has 0 fully saturated rings. The van der Waals surface area contributed by atoms with Crippen molar-refractivity contribution in [3.8, 4) is 0 Å².